The first-order valence-electron chi connectivity index (χ1n) is 7.41. The fourth-order valence-corrected chi connectivity index (χ4v) is 4.75. The molecule has 5 heteroatoms. The molecular weight excluding hydrogens is 326 g/mol. The number of aryl methyl sites for hydroxylation is 1. The molecule has 3 aromatic rings. The quantitative estimate of drug-likeness (QED) is 0.725. The number of rotatable bonds is 4. The van der Waals surface area contributed by atoms with E-state index >= 15 is 0 Å². The predicted octanol–water partition coefficient (Wildman–Crippen LogP) is 4.15. The Balaban J connectivity index is 2.18. The fourth-order valence-electron chi connectivity index (χ4n) is 2.46. The number of phenols is 1. The minimum atomic E-state index is -3.56. The highest BCUT2D eigenvalue weighted by Gasteiger charge is 2.32. The van der Waals surface area contributed by atoms with Crippen molar-refractivity contribution in [2.45, 2.75) is 6.92 Å². The van der Waals surface area contributed by atoms with Gasteiger partial charge in [-0.05, 0) is 42.8 Å². The third kappa shape index (κ3) is 3.06. The van der Waals surface area contributed by atoms with Crippen LogP contribution in [0.3, 0.4) is 0 Å². The predicted molar refractivity (Wildman–Crippen MR) is 93.2 cm³/mol. The second-order valence-electron chi connectivity index (χ2n) is 5.38. The molecule has 0 saturated carbocycles. The Morgan fingerprint density at radius 1 is 0.958 bits per heavy atom. The average Bonchev–Trinajstić information content (AvgIpc) is 2.59. The van der Waals surface area contributed by atoms with Gasteiger partial charge in [-0.25, -0.2) is 4.39 Å². The molecule has 0 fully saturated rings. The van der Waals surface area contributed by atoms with Gasteiger partial charge < -0.3 is 9.63 Å². The van der Waals surface area contributed by atoms with Gasteiger partial charge in [-0.1, -0.05) is 36.4 Å². The summed E-state index contributed by atoms with van der Waals surface area (Å²) in [7, 11) is -3.56. The lowest BCUT2D eigenvalue weighted by Gasteiger charge is -2.22. The minimum Gasteiger partial charge on any atom is -0.504 e. The van der Waals surface area contributed by atoms with Crippen LogP contribution in [0, 0.1) is 12.7 Å². The van der Waals surface area contributed by atoms with E-state index in [1.54, 1.807) is 36.4 Å². The number of hydrogen-bond donors (Lipinski definition) is 1. The van der Waals surface area contributed by atoms with Crippen LogP contribution in [0.25, 0.3) is 0 Å². The van der Waals surface area contributed by atoms with Crippen molar-refractivity contribution in [3.05, 3.63) is 84.2 Å². The maximum absolute atomic E-state index is 13.8. The van der Waals surface area contributed by atoms with Crippen LogP contribution in [0.15, 0.2) is 72.8 Å². The topological polar surface area (TPSA) is 46.5 Å². The van der Waals surface area contributed by atoms with Crippen LogP contribution in [0.5, 0.6) is 11.5 Å². The van der Waals surface area contributed by atoms with E-state index in [4.69, 9.17) is 4.52 Å². The molecule has 122 valence electrons. The summed E-state index contributed by atoms with van der Waals surface area (Å²) in [6.07, 6.45) is 0. The third-order valence-corrected chi connectivity index (χ3v) is 6.25. The number of aromatic hydroxyl groups is 1. The van der Waals surface area contributed by atoms with Gasteiger partial charge in [-0.2, -0.15) is 0 Å². The Hall–Kier alpha value is -2.58. The first kappa shape index (κ1) is 16.3. The Labute approximate surface area is 139 Å². The molecule has 1 N–H and O–H groups in total. The van der Waals surface area contributed by atoms with Crippen LogP contribution < -0.4 is 15.1 Å². The molecule has 1 unspecified atom stereocenters. The van der Waals surface area contributed by atoms with E-state index in [0.29, 0.717) is 10.6 Å². The van der Waals surface area contributed by atoms with Gasteiger partial charge in [-0.15, -0.1) is 0 Å². The van der Waals surface area contributed by atoms with Gasteiger partial charge in [0.15, 0.2) is 11.5 Å². The number of phenolic OH excluding ortho intramolecular Hbond substituents is 1. The zero-order chi connectivity index (χ0) is 17.2. The SMILES string of the molecule is Cc1ccccc1P(=O)(Oc1cc(F)ccc1O)c1ccccc1. The van der Waals surface area contributed by atoms with Crippen LogP contribution in [-0.2, 0) is 4.57 Å². The van der Waals surface area contributed by atoms with Crippen molar-refractivity contribution in [2.75, 3.05) is 0 Å². The van der Waals surface area contributed by atoms with E-state index in [9.17, 15) is 14.1 Å². The Bertz CT molecular complexity index is 909. The molecule has 0 aliphatic heterocycles. The maximum Gasteiger partial charge on any atom is 0.307 e. The van der Waals surface area contributed by atoms with Crippen molar-refractivity contribution in [2.24, 2.45) is 0 Å². The standard InChI is InChI=1S/C19H16FO3P/c1-14-7-5-6-10-19(14)24(22,16-8-3-2-4-9-16)23-18-13-15(20)11-12-17(18)21/h2-13,21H,1H3. The normalized spacial score (nSPS) is 13.2. The third-order valence-electron chi connectivity index (χ3n) is 3.68. The summed E-state index contributed by atoms with van der Waals surface area (Å²) < 4.78 is 33.1. The van der Waals surface area contributed by atoms with E-state index < -0.39 is 13.2 Å². The molecule has 0 aliphatic carbocycles. The fraction of sp³-hybridized carbons (Fsp3) is 0.0526. The van der Waals surface area contributed by atoms with E-state index in [1.807, 2.05) is 25.1 Å². The molecule has 0 heterocycles. The zero-order valence-electron chi connectivity index (χ0n) is 13.0. The lowest BCUT2D eigenvalue weighted by Crippen LogP contribution is -2.22. The highest BCUT2D eigenvalue weighted by Crippen LogP contribution is 2.48. The molecule has 0 aromatic heterocycles. The van der Waals surface area contributed by atoms with E-state index in [1.165, 1.54) is 6.07 Å². The monoisotopic (exact) mass is 342 g/mol. The lowest BCUT2D eigenvalue weighted by molar-refractivity contribution is 0.431. The molecule has 0 bridgehead atoms. The van der Waals surface area contributed by atoms with E-state index in [2.05, 4.69) is 0 Å². The molecule has 0 amide bonds. The van der Waals surface area contributed by atoms with Gasteiger partial charge in [0.05, 0.1) is 10.6 Å². The van der Waals surface area contributed by atoms with E-state index in [0.717, 1.165) is 17.7 Å². The van der Waals surface area contributed by atoms with Crippen molar-refractivity contribution in [1.82, 2.24) is 0 Å². The highest BCUT2D eigenvalue weighted by atomic mass is 31.2. The van der Waals surface area contributed by atoms with E-state index in [-0.39, 0.29) is 11.5 Å². The average molecular weight is 342 g/mol. The molecular formula is C19H16FO3P. The first-order chi connectivity index (χ1) is 11.5. The number of halogens is 1. The molecule has 0 spiro atoms. The lowest BCUT2D eigenvalue weighted by atomic mass is 10.2. The van der Waals surface area contributed by atoms with Gasteiger partial charge in [0.25, 0.3) is 0 Å². The summed E-state index contributed by atoms with van der Waals surface area (Å²) >= 11 is 0. The zero-order valence-corrected chi connectivity index (χ0v) is 13.9. The van der Waals surface area contributed by atoms with Crippen LogP contribution >= 0.6 is 7.37 Å². The first-order valence-corrected chi connectivity index (χ1v) is 9.03. The molecule has 3 nitrogen and oxygen atoms in total. The van der Waals surface area contributed by atoms with Crippen LogP contribution in [0.4, 0.5) is 4.39 Å². The van der Waals surface area contributed by atoms with Crippen molar-refractivity contribution >= 4 is 18.0 Å². The summed E-state index contributed by atoms with van der Waals surface area (Å²) in [6, 6.07) is 19.2. The van der Waals surface area contributed by atoms with Gasteiger partial charge >= 0.3 is 7.37 Å². The summed E-state index contributed by atoms with van der Waals surface area (Å²) in [6.45, 7) is 1.83. The largest absolute Gasteiger partial charge is 0.504 e. The van der Waals surface area contributed by atoms with Crippen molar-refractivity contribution < 1.29 is 18.6 Å². The van der Waals surface area contributed by atoms with Crippen molar-refractivity contribution in [3.63, 3.8) is 0 Å². The van der Waals surface area contributed by atoms with Gasteiger partial charge in [-0.3, -0.25) is 4.57 Å². The Morgan fingerprint density at radius 3 is 2.33 bits per heavy atom. The smallest absolute Gasteiger partial charge is 0.307 e. The van der Waals surface area contributed by atoms with Gasteiger partial charge in [0, 0.05) is 6.07 Å². The van der Waals surface area contributed by atoms with Crippen molar-refractivity contribution in [1.29, 1.82) is 0 Å². The number of benzene rings is 3. The molecule has 3 aromatic carbocycles. The Kier molecular flexibility index (Phi) is 4.41. The summed E-state index contributed by atoms with van der Waals surface area (Å²) in [5.41, 5.74) is 0.792. The van der Waals surface area contributed by atoms with Crippen molar-refractivity contribution in [3.8, 4) is 11.5 Å². The van der Waals surface area contributed by atoms with Gasteiger partial charge in [0.2, 0.25) is 0 Å². The number of hydrogen-bond acceptors (Lipinski definition) is 3. The maximum atomic E-state index is 13.8. The molecule has 3 rings (SSSR count). The molecule has 24 heavy (non-hydrogen) atoms. The summed E-state index contributed by atoms with van der Waals surface area (Å²) in [4.78, 5) is 0. The Morgan fingerprint density at radius 2 is 1.62 bits per heavy atom. The second-order valence-corrected chi connectivity index (χ2v) is 7.66. The summed E-state index contributed by atoms with van der Waals surface area (Å²) in [5.74, 6) is -0.987. The van der Waals surface area contributed by atoms with Gasteiger partial charge in [0.1, 0.15) is 5.82 Å². The minimum absolute atomic E-state index is 0.148. The van der Waals surface area contributed by atoms with Crippen LogP contribution in [0.1, 0.15) is 5.56 Å². The highest BCUT2D eigenvalue weighted by molar-refractivity contribution is 7.74. The summed E-state index contributed by atoms with van der Waals surface area (Å²) in [5, 5.41) is 10.9. The molecule has 0 radical (unpaired) electrons. The van der Waals surface area contributed by atoms with Crippen LogP contribution in [-0.4, -0.2) is 5.11 Å². The molecule has 0 aliphatic rings. The molecule has 1 atom stereocenters. The molecule has 0 saturated heterocycles. The second kappa shape index (κ2) is 6.50. The van der Waals surface area contributed by atoms with Crippen LogP contribution in [0.2, 0.25) is 0 Å².